The monoisotopic (exact) mass is 517 g/mol. The van der Waals surface area contributed by atoms with Crippen LogP contribution in [0.25, 0.3) is 0 Å². The lowest BCUT2D eigenvalue weighted by atomic mass is 9.95. The highest BCUT2D eigenvalue weighted by molar-refractivity contribution is 7.98. The van der Waals surface area contributed by atoms with E-state index >= 15 is 0 Å². The number of carbonyl (C=O) groups is 2. The van der Waals surface area contributed by atoms with Crippen LogP contribution in [0.1, 0.15) is 52.8 Å². The van der Waals surface area contributed by atoms with Crippen molar-refractivity contribution in [2.75, 3.05) is 37.3 Å². The van der Waals surface area contributed by atoms with Gasteiger partial charge in [-0.05, 0) is 49.4 Å². The number of nitrogens with one attached hydrogen (secondary N) is 2. The Bertz CT molecular complexity index is 1170. The van der Waals surface area contributed by atoms with E-state index in [0.29, 0.717) is 36.8 Å². The highest BCUT2D eigenvalue weighted by atomic mass is 32.2. The van der Waals surface area contributed by atoms with E-state index in [1.807, 2.05) is 6.26 Å². The summed E-state index contributed by atoms with van der Waals surface area (Å²) in [6.07, 6.45) is 7.05. The zero-order valence-corrected chi connectivity index (χ0v) is 21.4. The minimum Gasteiger partial charge on any atom is -0.378 e. The molecule has 4 rings (SSSR count). The number of amides is 2. The zero-order valence-electron chi connectivity index (χ0n) is 19.8. The summed E-state index contributed by atoms with van der Waals surface area (Å²) < 4.78 is 34.5. The van der Waals surface area contributed by atoms with Crippen molar-refractivity contribution in [1.82, 2.24) is 10.2 Å². The van der Waals surface area contributed by atoms with E-state index in [9.17, 15) is 18.0 Å². The van der Waals surface area contributed by atoms with Crippen molar-refractivity contribution in [3.8, 4) is 0 Å². The molecule has 1 aliphatic carbocycles. The fourth-order valence-electron chi connectivity index (χ4n) is 4.44. The van der Waals surface area contributed by atoms with Gasteiger partial charge >= 0.3 is 0 Å². The van der Waals surface area contributed by atoms with Gasteiger partial charge in [-0.3, -0.25) is 14.3 Å². The van der Waals surface area contributed by atoms with Gasteiger partial charge in [0, 0.05) is 24.0 Å². The number of sulfonamides is 1. The number of hydrogen-bond acceptors (Lipinski definition) is 6. The number of nitrogens with zero attached hydrogens (tertiary/aromatic N) is 1. The molecule has 188 valence electrons. The average molecular weight is 518 g/mol. The van der Waals surface area contributed by atoms with Crippen molar-refractivity contribution in [3.05, 3.63) is 53.6 Å². The predicted octanol–water partition coefficient (Wildman–Crippen LogP) is 3.74. The van der Waals surface area contributed by atoms with Gasteiger partial charge in [-0.1, -0.05) is 31.4 Å². The van der Waals surface area contributed by atoms with Crippen LogP contribution in [0.15, 0.2) is 52.3 Å². The van der Waals surface area contributed by atoms with Crippen molar-refractivity contribution >= 4 is 39.3 Å². The molecule has 2 N–H and O–H groups in total. The lowest BCUT2D eigenvalue weighted by Crippen LogP contribution is -2.41. The Kier molecular flexibility index (Phi) is 8.35. The van der Waals surface area contributed by atoms with Crippen LogP contribution >= 0.6 is 11.8 Å². The molecule has 8 nitrogen and oxygen atoms in total. The molecule has 0 atom stereocenters. The molecule has 2 fully saturated rings. The number of hydrogen-bond donors (Lipinski definition) is 2. The largest absolute Gasteiger partial charge is 0.378 e. The highest BCUT2D eigenvalue weighted by Crippen LogP contribution is 2.28. The third-order valence-electron chi connectivity index (χ3n) is 6.37. The van der Waals surface area contributed by atoms with E-state index in [0.717, 1.165) is 25.7 Å². The Morgan fingerprint density at radius 3 is 2.43 bits per heavy atom. The second-order valence-electron chi connectivity index (χ2n) is 8.73. The molecule has 1 heterocycles. The number of thioether (sulfide) groups is 1. The molecule has 35 heavy (non-hydrogen) atoms. The van der Waals surface area contributed by atoms with Gasteiger partial charge in [-0.2, -0.15) is 0 Å². The molecule has 2 amide bonds. The van der Waals surface area contributed by atoms with E-state index in [4.69, 9.17) is 4.74 Å². The number of anilines is 1. The van der Waals surface area contributed by atoms with Gasteiger partial charge in [0.05, 0.1) is 34.9 Å². The second-order valence-corrected chi connectivity index (χ2v) is 11.3. The summed E-state index contributed by atoms with van der Waals surface area (Å²) in [7, 11) is -4.05. The summed E-state index contributed by atoms with van der Waals surface area (Å²) in [4.78, 5) is 28.4. The van der Waals surface area contributed by atoms with Crippen molar-refractivity contribution in [1.29, 1.82) is 0 Å². The van der Waals surface area contributed by atoms with Crippen LogP contribution < -0.4 is 10.0 Å². The van der Waals surface area contributed by atoms with E-state index in [-0.39, 0.29) is 34.0 Å². The average Bonchev–Trinajstić information content (AvgIpc) is 2.89. The molecule has 0 radical (unpaired) electrons. The summed E-state index contributed by atoms with van der Waals surface area (Å²) in [5.41, 5.74) is 0.813. The number of rotatable bonds is 7. The first-order valence-corrected chi connectivity index (χ1v) is 14.6. The Hall–Kier alpha value is -2.56. The first-order valence-electron chi connectivity index (χ1n) is 11.9. The molecule has 2 aromatic carbocycles. The maximum absolute atomic E-state index is 13.3. The third-order valence-corrected chi connectivity index (χ3v) is 8.53. The molecule has 0 bridgehead atoms. The SMILES string of the molecule is CSc1ccc(S(=O)(=O)Nc2ccccc2C(=O)NC2CCCCC2)cc1C(=O)N1CCOCC1. The quantitative estimate of drug-likeness (QED) is 0.542. The smallest absolute Gasteiger partial charge is 0.261 e. The maximum Gasteiger partial charge on any atom is 0.261 e. The van der Waals surface area contributed by atoms with Gasteiger partial charge < -0.3 is 15.0 Å². The minimum atomic E-state index is -4.05. The Morgan fingerprint density at radius 2 is 1.71 bits per heavy atom. The molecular formula is C25H31N3O5S2. The van der Waals surface area contributed by atoms with Crippen LogP contribution in [0.3, 0.4) is 0 Å². The van der Waals surface area contributed by atoms with Crippen LogP contribution in [0.2, 0.25) is 0 Å². The van der Waals surface area contributed by atoms with Crippen LogP contribution in [0.5, 0.6) is 0 Å². The fraction of sp³-hybridized carbons (Fsp3) is 0.440. The van der Waals surface area contributed by atoms with E-state index < -0.39 is 10.0 Å². The van der Waals surface area contributed by atoms with Crippen LogP contribution in [-0.4, -0.2) is 63.7 Å². The van der Waals surface area contributed by atoms with Gasteiger partial charge in [-0.25, -0.2) is 8.42 Å². The predicted molar refractivity (Wildman–Crippen MR) is 137 cm³/mol. The molecule has 0 spiro atoms. The molecular weight excluding hydrogens is 486 g/mol. The molecule has 1 saturated heterocycles. The number of ether oxygens (including phenoxy) is 1. The van der Waals surface area contributed by atoms with Gasteiger partial charge in [0.2, 0.25) is 0 Å². The van der Waals surface area contributed by atoms with Crippen molar-refractivity contribution < 1.29 is 22.7 Å². The maximum atomic E-state index is 13.3. The first kappa shape index (κ1) is 25.5. The molecule has 0 aromatic heterocycles. The van der Waals surface area contributed by atoms with Crippen molar-refractivity contribution in [2.45, 2.75) is 47.9 Å². The highest BCUT2D eigenvalue weighted by Gasteiger charge is 2.25. The summed E-state index contributed by atoms with van der Waals surface area (Å²) in [5, 5.41) is 3.04. The van der Waals surface area contributed by atoms with Gasteiger partial charge in [0.15, 0.2) is 0 Å². The Morgan fingerprint density at radius 1 is 1.00 bits per heavy atom. The van der Waals surface area contributed by atoms with E-state index in [1.165, 1.54) is 30.3 Å². The van der Waals surface area contributed by atoms with Crippen LogP contribution in [0, 0.1) is 0 Å². The molecule has 1 saturated carbocycles. The molecule has 10 heteroatoms. The number of benzene rings is 2. The van der Waals surface area contributed by atoms with Crippen LogP contribution in [0.4, 0.5) is 5.69 Å². The van der Waals surface area contributed by atoms with Crippen molar-refractivity contribution in [2.24, 2.45) is 0 Å². The van der Waals surface area contributed by atoms with E-state index in [1.54, 1.807) is 35.2 Å². The summed E-state index contributed by atoms with van der Waals surface area (Å²) in [6, 6.07) is 11.2. The van der Waals surface area contributed by atoms with Gasteiger partial charge in [0.1, 0.15) is 0 Å². The number of para-hydroxylation sites is 1. The summed E-state index contributed by atoms with van der Waals surface area (Å²) in [6.45, 7) is 1.84. The Labute approximate surface area is 210 Å². The topological polar surface area (TPSA) is 105 Å². The lowest BCUT2D eigenvalue weighted by Gasteiger charge is -2.27. The summed E-state index contributed by atoms with van der Waals surface area (Å²) in [5.74, 6) is -0.516. The third kappa shape index (κ3) is 6.17. The van der Waals surface area contributed by atoms with Gasteiger partial charge in [-0.15, -0.1) is 11.8 Å². The standard InChI is InChI=1S/C25H31N3O5S2/c1-34-23-12-11-19(17-21(23)25(30)28-13-15-33-16-14-28)35(31,32)27-22-10-6-5-9-20(22)24(29)26-18-7-3-2-4-8-18/h5-6,9-12,17-18,27H,2-4,7-8,13-16H2,1H3,(H,26,29). The lowest BCUT2D eigenvalue weighted by molar-refractivity contribution is 0.0300. The second kappa shape index (κ2) is 11.5. The normalized spacial score (nSPS) is 17.1. The molecule has 0 unspecified atom stereocenters. The number of morpholine rings is 1. The van der Waals surface area contributed by atoms with E-state index in [2.05, 4.69) is 10.0 Å². The summed E-state index contributed by atoms with van der Waals surface area (Å²) >= 11 is 1.39. The zero-order chi connectivity index (χ0) is 24.8. The van der Waals surface area contributed by atoms with Crippen molar-refractivity contribution in [3.63, 3.8) is 0 Å². The fourth-order valence-corrected chi connectivity index (χ4v) is 6.12. The molecule has 2 aliphatic rings. The molecule has 2 aromatic rings. The van der Waals surface area contributed by atoms with Crippen LogP contribution in [-0.2, 0) is 14.8 Å². The molecule has 1 aliphatic heterocycles. The first-order chi connectivity index (χ1) is 16.9. The van der Waals surface area contributed by atoms with Gasteiger partial charge in [0.25, 0.3) is 21.8 Å². The Balaban J connectivity index is 1.57. The number of carbonyl (C=O) groups excluding carboxylic acids is 2. The minimum absolute atomic E-state index is 0.0330.